The van der Waals surface area contributed by atoms with Gasteiger partial charge in [0.15, 0.2) is 12.4 Å². The van der Waals surface area contributed by atoms with Gasteiger partial charge in [0.05, 0.1) is 16.4 Å². The molecule has 166 valence electrons. The molecule has 0 aliphatic rings. The van der Waals surface area contributed by atoms with Gasteiger partial charge in [-0.25, -0.2) is 14.5 Å². The first-order valence-electron chi connectivity index (χ1n) is 10.2. The Morgan fingerprint density at radius 3 is 2.33 bits per heavy atom. The van der Waals surface area contributed by atoms with E-state index in [1.165, 1.54) is 0 Å². The molecule has 0 saturated carbocycles. The second-order valence-corrected chi connectivity index (χ2v) is 7.84. The van der Waals surface area contributed by atoms with E-state index in [2.05, 4.69) is 15.4 Å². The Balaban J connectivity index is 1.52. The molecule has 4 aromatic rings. The average Bonchev–Trinajstić information content (AvgIpc) is 3.27. The van der Waals surface area contributed by atoms with Crippen LogP contribution < -0.4 is 5.32 Å². The second kappa shape index (κ2) is 9.67. The van der Waals surface area contributed by atoms with Crippen molar-refractivity contribution in [3.8, 4) is 17.1 Å². The standard InChI is InChI=1S/C25H21ClN4O3/c1-16-13-17(2)22(20(26)14-16)27-21(31)15-33-25(32)23-28-24(18-9-5-3-6-10-18)30(29-23)19-11-7-4-8-12-19/h3-14H,15H2,1-2H3,(H,27,31). The molecule has 1 amide bonds. The highest BCUT2D eigenvalue weighted by molar-refractivity contribution is 6.34. The summed E-state index contributed by atoms with van der Waals surface area (Å²) >= 11 is 6.23. The van der Waals surface area contributed by atoms with E-state index in [1.807, 2.05) is 80.6 Å². The highest BCUT2D eigenvalue weighted by atomic mass is 35.5. The van der Waals surface area contributed by atoms with Gasteiger partial charge >= 0.3 is 5.97 Å². The number of carbonyl (C=O) groups is 2. The summed E-state index contributed by atoms with van der Waals surface area (Å²) in [6, 6.07) is 22.4. The van der Waals surface area contributed by atoms with Gasteiger partial charge < -0.3 is 10.1 Å². The van der Waals surface area contributed by atoms with Gasteiger partial charge in [-0.05, 0) is 43.2 Å². The lowest BCUT2D eigenvalue weighted by atomic mass is 10.1. The first kappa shape index (κ1) is 22.2. The zero-order valence-corrected chi connectivity index (χ0v) is 18.8. The van der Waals surface area contributed by atoms with E-state index >= 15 is 0 Å². The minimum atomic E-state index is -0.802. The highest BCUT2D eigenvalue weighted by Gasteiger charge is 2.21. The summed E-state index contributed by atoms with van der Waals surface area (Å²) < 4.78 is 6.74. The number of nitrogens with one attached hydrogen (secondary N) is 1. The van der Waals surface area contributed by atoms with Crippen molar-refractivity contribution in [2.24, 2.45) is 0 Å². The van der Waals surface area contributed by atoms with Gasteiger partial charge in [-0.15, -0.1) is 5.10 Å². The third-order valence-electron chi connectivity index (χ3n) is 4.85. The molecule has 0 saturated heterocycles. The van der Waals surface area contributed by atoms with E-state index in [-0.39, 0.29) is 5.82 Å². The van der Waals surface area contributed by atoms with Crippen LogP contribution in [0.4, 0.5) is 5.69 Å². The first-order valence-corrected chi connectivity index (χ1v) is 10.6. The number of rotatable bonds is 6. The average molecular weight is 461 g/mol. The van der Waals surface area contributed by atoms with E-state index in [4.69, 9.17) is 16.3 Å². The predicted molar refractivity (Wildman–Crippen MR) is 127 cm³/mol. The largest absolute Gasteiger partial charge is 0.450 e. The summed E-state index contributed by atoms with van der Waals surface area (Å²) in [6.45, 7) is 3.26. The van der Waals surface area contributed by atoms with E-state index in [0.29, 0.717) is 16.5 Å². The van der Waals surface area contributed by atoms with Crippen molar-refractivity contribution in [3.05, 3.63) is 94.8 Å². The molecule has 0 atom stereocenters. The van der Waals surface area contributed by atoms with Crippen molar-refractivity contribution in [1.82, 2.24) is 14.8 Å². The van der Waals surface area contributed by atoms with Crippen LogP contribution in [0.2, 0.25) is 5.02 Å². The highest BCUT2D eigenvalue weighted by Crippen LogP contribution is 2.27. The summed E-state index contributed by atoms with van der Waals surface area (Å²) in [5.74, 6) is -0.970. The third kappa shape index (κ3) is 5.10. The van der Waals surface area contributed by atoms with Crippen molar-refractivity contribution in [3.63, 3.8) is 0 Å². The van der Waals surface area contributed by atoms with Gasteiger partial charge in [-0.1, -0.05) is 66.2 Å². The minimum Gasteiger partial charge on any atom is -0.450 e. The minimum absolute atomic E-state index is 0.143. The Labute approximate surface area is 196 Å². The normalized spacial score (nSPS) is 10.6. The quantitative estimate of drug-likeness (QED) is 0.409. The number of carbonyl (C=O) groups excluding carboxylic acids is 2. The maximum Gasteiger partial charge on any atom is 0.378 e. The first-order chi connectivity index (χ1) is 15.9. The van der Waals surface area contributed by atoms with Crippen LogP contribution in [-0.2, 0) is 9.53 Å². The summed E-state index contributed by atoms with van der Waals surface area (Å²) in [7, 11) is 0. The second-order valence-electron chi connectivity index (χ2n) is 7.44. The maximum atomic E-state index is 12.6. The zero-order chi connectivity index (χ0) is 23.4. The summed E-state index contributed by atoms with van der Waals surface area (Å²) in [5, 5.41) is 7.44. The molecule has 0 aliphatic heterocycles. The lowest BCUT2D eigenvalue weighted by Gasteiger charge is -2.11. The SMILES string of the molecule is Cc1cc(C)c(NC(=O)COC(=O)c2nc(-c3ccccc3)n(-c3ccccc3)n2)c(Cl)c1. The number of aromatic nitrogens is 3. The molecule has 0 aliphatic carbocycles. The fourth-order valence-electron chi connectivity index (χ4n) is 3.37. The number of para-hydroxylation sites is 1. The van der Waals surface area contributed by atoms with Gasteiger partial charge in [-0.3, -0.25) is 4.79 Å². The number of nitrogens with zero attached hydrogens (tertiary/aromatic N) is 3. The summed E-state index contributed by atoms with van der Waals surface area (Å²) in [4.78, 5) is 29.4. The Bertz CT molecular complexity index is 1220. The molecule has 0 spiro atoms. The lowest BCUT2D eigenvalue weighted by Crippen LogP contribution is -2.22. The van der Waals surface area contributed by atoms with Crippen LogP contribution in [0, 0.1) is 13.8 Å². The van der Waals surface area contributed by atoms with E-state index < -0.39 is 18.5 Å². The number of hydrogen-bond acceptors (Lipinski definition) is 5. The molecule has 1 N–H and O–H groups in total. The van der Waals surface area contributed by atoms with Crippen molar-refractivity contribution in [2.75, 3.05) is 11.9 Å². The number of aryl methyl sites for hydroxylation is 2. The van der Waals surface area contributed by atoms with Crippen LogP contribution in [0.5, 0.6) is 0 Å². The molecule has 0 bridgehead atoms. The van der Waals surface area contributed by atoms with Crippen LogP contribution in [0.3, 0.4) is 0 Å². The fraction of sp³-hybridized carbons (Fsp3) is 0.120. The number of halogens is 1. The molecule has 33 heavy (non-hydrogen) atoms. The lowest BCUT2D eigenvalue weighted by molar-refractivity contribution is -0.119. The van der Waals surface area contributed by atoms with E-state index in [9.17, 15) is 9.59 Å². The maximum absolute atomic E-state index is 12.6. The Kier molecular flexibility index (Phi) is 6.51. The van der Waals surface area contributed by atoms with Crippen LogP contribution in [-0.4, -0.2) is 33.2 Å². The molecule has 3 aromatic carbocycles. The number of esters is 1. The van der Waals surface area contributed by atoms with E-state index in [0.717, 1.165) is 22.4 Å². The molecule has 0 unspecified atom stereocenters. The number of hydrogen-bond donors (Lipinski definition) is 1. The fourth-order valence-corrected chi connectivity index (χ4v) is 3.74. The van der Waals surface area contributed by atoms with Gasteiger partial charge in [0.25, 0.3) is 11.7 Å². The molecule has 0 radical (unpaired) electrons. The Morgan fingerprint density at radius 1 is 1.00 bits per heavy atom. The summed E-state index contributed by atoms with van der Waals surface area (Å²) in [6.07, 6.45) is 0. The van der Waals surface area contributed by atoms with Crippen LogP contribution in [0.15, 0.2) is 72.8 Å². The molecule has 1 heterocycles. The van der Waals surface area contributed by atoms with Gasteiger partial charge in [0.2, 0.25) is 0 Å². The monoisotopic (exact) mass is 460 g/mol. The van der Waals surface area contributed by atoms with Crippen molar-refractivity contribution < 1.29 is 14.3 Å². The number of benzene rings is 3. The molecule has 8 heteroatoms. The Morgan fingerprint density at radius 2 is 1.67 bits per heavy atom. The predicted octanol–water partition coefficient (Wildman–Crippen LogP) is 5.00. The molecular weight excluding hydrogens is 440 g/mol. The van der Waals surface area contributed by atoms with Crippen LogP contribution in [0.1, 0.15) is 21.7 Å². The molecule has 4 rings (SSSR count). The van der Waals surface area contributed by atoms with Crippen molar-refractivity contribution in [1.29, 1.82) is 0 Å². The van der Waals surface area contributed by atoms with Crippen LogP contribution >= 0.6 is 11.6 Å². The molecular formula is C25H21ClN4O3. The molecule has 7 nitrogen and oxygen atoms in total. The van der Waals surface area contributed by atoms with Gasteiger partial charge in [-0.2, -0.15) is 0 Å². The Hall–Kier alpha value is -3.97. The zero-order valence-electron chi connectivity index (χ0n) is 18.1. The van der Waals surface area contributed by atoms with E-state index in [1.54, 1.807) is 10.7 Å². The van der Waals surface area contributed by atoms with Gasteiger partial charge in [0.1, 0.15) is 0 Å². The molecule has 1 aromatic heterocycles. The third-order valence-corrected chi connectivity index (χ3v) is 5.15. The number of anilines is 1. The number of ether oxygens (including phenoxy) is 1. The van der Waals surface area contributed by atoms with Crippen molar-refractivity contribution in [2.45, 2.75) is 13.8 Å². The topological polar surface area (TPSA) is 86.1 Å². The van der Waals surface area contributed by atoms with Gasteiger partial charge in [0, 0.05) is 5.56 Å². The summed E-state index contributed by atoms with van der Waals surface area (Å²) in [5.41, 5.74) is 3.81. The van der Waals surface area contributed by atoms with Crippen molar-refractivity contribution >= 4 is 29.2 Å². The smallest absolute Gasteiger partial charge is 0.378 e. The number of amides is 1. The molecule has 0 fully saturated rings. The van der Waals surface area contributed by atoms with Crippen LogP contribution in [0.25, 0.3) is 17.1 Å².